The summed E-state index contributed by atoms with van der Waals surface area (Å²) in [6, 6.07) is -0.181. The molecule has 7 heavy (non-hydrogen) atoms. The fraction of sp³-hybridized carbons (Fsp3) is 0.500. The van der Waals surface area contributed by atoms with Crippen molar-refractivity contribution in [2.75, 3.05) is 7.05 Å². The van der Waals surface area contributed by atoms with Crippen molar-refractivity contribution >= 4 is 12.4 Å². The standard InChI is InChI=1S/C4H9N3/c1-7-4(2-5)3-6/h2-7H,1H3. The molecule has 0 fully saturated rings. The van der Waals surface area contributed by atoms with Crippen molar-refractivity contribution in [3.63, 3.8) is 0 Å². The van der Waals surface area contributed by atoms with Crippen molar-refractivity contribution < 1.29 is 0 Å². The van der Waals surface area contributed by atoms with E-state index >= 15 is 0 Å². The molecule has 0 atom stereocenters. The molecule has 3 N–H and O–H groups in total. The quantitative estimate of drug-likeness (QED) is 0.424. The Kier molecular flexibility index (Phi) is 3.14. The van der Waals surface area contributed by atoms with Gasteiger partial charge in [0, 0.05) is 12.4 Å². The fourth-order valence-electron chi connectivity index (χ4n) is 0.215. The van der Waals surface area contributed by atoms with Crippen LogP contribution in [0, 0.1) is 10.8 Å². The van der Waals surface area contributed by atoms with Gasteiger partial charge in [-0.3, -0.25) is 0 Å². The van der Waals surface area contributed by atoms with E-state index in [9.17, 15) is 0 Å². The molecule has 0 amide bonds. The van der Waals surface area contributed by atoms with Gasteiger partial charge in [-0.15, -0.1) is 0 Å². The van der Waals surface area contributed by atoms with Crippen LogP contribution in [0.5, 0.6) is 0 Å². The maximum Gasteiger partial charge on any atom is 0.0767 e. The summed E-state index contributed by atoms with van der Waals surface area (Å²) in [7, 11) is 1.71. The van der Waals surface area contributed by atoms with Crippen LogP contribution in [0.2, 0.25) is 0 Å². The van der Waals surface area contributed by atoms with Gasteiger partial charge in [0.25, 0.3) is 0 Å². The first kappa shape index (κ1) is 6.30. The predicted octanol–water partition coefficient (Wildman–Crippen LogP) is -0.126. The first-order valence-corrected chi connectivity index (χ1v) is 2.03. The van der Waals surface area contributed by atoms with E-state index < -0.39 is 0 Å². The van der Waals surface area contributed by atoms with Gasteiger partial charge in [0.1, 0.15) is 0 Å². The Balaban J connectivity index is 3.36. The molecule has 0 aromatic heterocycles. The van der Waals surface area contributed by atoms with Crippen LogP contribution < -0.4 is 5.32 Å². The van der Waals surface area contributed by atoms with Gasteiger partial charge in [-0.25, -0.2) is 0 Å². The summed E-state index contributed by atoms with van der Waals surface area (Å²) in [4.78, 5) is 0. The van der Waals surface area contributed by atoms with Crippen LogP contribution in [0.15, 0.2) is 0 Å². The molecule has 0 spiro atoms. The second-order valence-corrected chi connectivity index (χ2v) is 1.15. The number of nitrogens with one attached hydrogen (secondary N) is 3. The summed E-state index contributed by atoms with van der Waals surface area (Å²) in [5.41, 5.74) is 0. The van der Waals surface area contributed by atoms with Crippen molar-refractivity contribution in [3.05, 3.63) is 0 Å². The number of hydrogen-bond donors (Lipinski definition) is 3. The molecule has 0 aliphatic heterocycles. The average Bonchev–Trinajstić information content (AvgIpc) is 1.72. The first-order chi connectivity index (χ1) is 3.35. The SMILES string of the molecule is CNC(C=N)C=N. The third kappa shape index (κ3) is 2.05. The summed E-state index contributed by atoms with van der Waals surface area (Å²) in [6.07, 6.45) is 2.35. The fourth-order valence-corrected chi connectivity index (χ4v) is 0.215. The lowest BCUT2D eigenvalue weighted by atomic mass is 10.4. The molecule has 3 heteroatoms. The smallest absolute Gasteiger partial charge is 0.0767 e. The van der Waals surface area contributed by atoms with Crippen LogP contribution in [0.25, 0.3) is 0 Å². The van der Waals surface area contributed by atoms with E-state index in [0.717, 1.165) is 0 Å². The van der Waals surface area contributed by atoms with E-state index in [4.69, 9.17) is 10.8 Å². The van der Waals surface area contributed by atoms with Gasteiger partial charge in [0.2, 0.25) is 0 Å². The van der Waals surface area contributed by atoms with Gasteiger partial charge < -0.3 is 16.1 Å². The third-order valence-electron chi connectivity index (χ3n) is 0.692. The van der Waals surface area contributed by atoms with Crippen LogP contribution in [-0.2, 0) is 0 Å². The van der Waals surface area contributed by atoms with Crippen molar-refractivity contribution in [1.29, 1.82) is 10.8 Å². The predicted molar refractivity (Wildman–Crippen MR) is 30.4 cm³/mol. The minimum atomic E-state index is -0.181. The van der Waals surface area contributed by atoms with E-state index in [1.165, 1.54) is 12.4 Å². The molecule has 0 aromatic carbocycles. The first-order valence-electron chi connectivity index (χ1n) is 2.03. The Morgan fingerprint density at radius 1 is 1.43 bits per heavy atom. The average molecular weight is 99.1 g/mol. The van der Waals surface area contributed by atoms with E-state index in [1.807, 2.05) is 0 Å². The highest BCUT2D eigenvalue weighted by Crippen LogP contribution is 1.63. The minimum Gasteiger partial charge on any atom is -0.311 e. The van der Waals surface area contributed by atoms with Crippen LogP contribution >= 0.6 is 0 Å². The molecule has 0 saturated carbocycles. The lowest BCUT2D eigenvalue weighted by Crippen LogP contribution is -2.26. The van der Waals surface area contributed by atoms with E-state index in [-0.39, 0.29) is 6.04 Å². The Morgan fingerprint density at radius 2 is 1.86 bits per heavy atom. The molecule has 0 aromatic rings. The van der Waals surface area contributed by atoms with Gasteiger partial charge in [0.05, 0.1) is 6.04 Å². The monoisotopic (exact) mass is 99.1 g/mol. The highest BCUT2D eigenvalue weighted by molar-refractivity contribution is 5.84. The zero-order valence-electron chi connectivity index (χ0n) is 4.23. The van der Waals surface area contributed by atoms with Crippen LogP contribution in [0.4, 0.5) is 0 Å². The van der Waals surface area contributed by atoms with Crippen LogP contribution in [0.1, 0.15) is 0 Å². The molecule has 0 aliphatic carbocycles. The van der Waals surface area contributed by atoms with Crippen molar-refractivity contribution in [1.82, 2.24) is 5.32 Å². The molecule has 0 rings (SSSR count). The third-order valence-corrected chi connectivity index (χ3v) is 0.692. The lowest BCUT2D eigenvalue weighted by Gasteiger charge is -1.97. The Labute approximate surface area is 42.8 Å². The normalized spacial score (nSPS) is 12.7. The number of hydrogen-bond acceptors (Lipinski definition) is 3. The van der Waals surface area contributed by atoms with Crippen molar-refractivity contribution in [2.45, 2.75) is 6.04 Å². The highest BCUT2D eigenvalue weighted by Gasteiger charge is 1.89. The van der Waals surface area contributed by atoms with Gasteiger partial charge >= 0.3 is 0 Å². The summed E-state index contributed by atoms with van der Waals surface area (Å²) >= 11 is 0. The van der Waals surface area contributed by atoms with Crippen LogP contribution in [-0.4, -0.2) is 25.5 Å². The molecule has 0 saturated heterocycles. The van der Waals surface area contributed by atoms with Crippen LogP contribution in [0.3, 0.4) is 0 Å². The van der Waals surface area contributed by atoms with Crippen molar-refractivity contribution in [3.8, 4) is 0 Å². The van der Waals surface area contributed by atoms with Gasteiger partial charge in [-0.05, 0) is 7.05 Å². The maximum atomic E-state index is 6.62. The molecule has 0 heterocycles. The van der Waals surface area contributed by atoms with E-state index in [2.05, 4.69) is 5.32 Å². The maximum absolute atomic E-state index is 6.62. The van der Waals surface area contributed by atoms with Gasteiger partial charge in [0.15, 0.2) is 0 Å². The largest absolute Gasteiger partial charge is 0.311 e. The van der Waals surface area contributed by atoms with E-state index in [0.29, 0.717) is 0 Å². The lowest BCUT2D eigenvalue weighted by molar-refractivity contribution is 0.872. The molecular weight excluding hydrogens is 90.1 g/mol. The minimum absolute atomic E-state index is 0.181. The summed E-state index contributed by atoms with van der Waals surface area (Å²) < 4.78 is 0. The second kappa shape index (κ2) is 3.49. The van der Waals surface area contributed by atoms with Gasteiger partial charge in [-0.2, -0.15) is 0 Å². The summed E-state index contributed by atoms with van der Waals surface area (Å²) in [6.45, 7) is 0. The van der Waals surface area contributed by atoms with E-state index in [1.54, 1.807) is 7.05 Å². The zero-order valence-corrected chi connectivity index (χ0v) is 4.23. The summed E-state index contributed by atoms with van der Waals surface area (Å²) in [5.74, 6) is 0. The van der Waals surface area contributed by atoms with Gasteiger partial charge in [-0.1, -0.05) is 0 Å². The zero-order chi connectivity index (χ0) is 5.70. The second-order valence-electron chi connectivity index (χ2n) is 1.15. The topological polar surface area (TPSA) is 59.7 Å². The molecule has 0 unspecified atom stereocenters. The molecule has 0 radical (unpaired) electrons. The Hall–Kier alpha value is -0.700. The summed E-state index contributed by atoms with van der Waals surface area (Å²) in [5, 5.41) is 16.0. The molecule has 0 aliphatic rings. The molecule has 3 nitrogen and oxygen atoms in total. The number of rotatable bonds is 3. The molecule has 0 bridgehead atoms. The molecular formula is C4H9N3. The molecule has 40 valence electrons. The highest BCUT2D eigenvalue weighted by atomic mass is 14.9. The van der Waals surface area contributed by atoms with Crippen molar-refractivity contribution in [2.24, 2.45) is 0 Å². The Bertz CT molecular complexity index is 61.3. The Morgan fingerprint density at radius 3 is 1.86 bits per heavy atom.